The van der Waals surface area contributed by atoms with Crippen LogP contribution >= 0.6 is 0 Å². The van der Waals surface area contributed by atoms with Crippen LogP contribution in [0.3, 0.4) is 0 Å². The molecule has 0 unspecified atom stereocenters. The molecule has 0 aromatic carbocycles. The Morgan fingerprint density at radius 1 is 0.633 bits per heavy atom. The molecule has 0 aromatic heterocycles. The molecule has 0 aliphatic carbocycles. The van der Waals surface area contributed by atoms with Crippen LogP contribution in [0.2, 0.25) is 0 Å². The van der Waals surface area contributed by atoms with Crippen molar-refractivity contribution in [3.8, 4) is 0 Å². The number of carbonyl (C=O) groups excluding carboxylic acids is 2. The summed E-state index contributed by atoms with van der Waals surface area (Å²) in [5, 5.41) is 13.7. The van der Waals surface area contributed by atoms with Crippen LogP contribution < -0.4 is 21.3 Å². The lowest BCUT2D eigenvalue weighted by atomic mass is 9.79. The number of carbonyl (C=O) groups is 2. The fourth-order valence-electron chi connectivity index (χ4n) is 6.02. The highest BCUT2D eigenvalue weighted by molar-refractivity contribution is 5.77. The molecule has 30 heavy (non-hydrogen) atoms. The molecule has 0 spiro atoms. The van der Waals surface area contributed by atoms with Crippen molar-refractivity contribution in [2.45, 2.75) is 141 Å². The topological polar surface area (TPSA) is 82.3 Å². The SMILES string of the molecule is CC1(C)CC(NC(=O)CCCCC(=O)NC2CC(C)(C)NC(C)(C)C2)CC(C)(C)N1. The van der Waals surface area contributed by atoms with Gasteiger partial charge in [-0.25, -0.2) is 0 Å². The quantitative estimate of drug-likeness (QED) is 0.474. The smallest absolute Gasteiger partial charge is 0.220 e. The van der Waals surface area contributed by atoms with E-state index in [1.165, 1.54) is 0 Å². The maximum atomic E-state index is 12.4. The van der Waals surface area contributed by atoms with Crippen molar-refractivity contribution in [2.24, 2.45) is 0 Å². The zero-order valence-corrected chi connectivity index (χ0v) is 20.6. The highest BCUT2D eigenvalue weighted by Crippen LogP contribution is 2.29. The van der Waals surface area contributed by atoms with Crippen LogP contribution in [0.15, 0.2) is 0 Å². The van der Waals surface area contributed by atoms with E-state index in [0.717, 1.165) is 38.5 Å². The van der Waals surface area contributed by atoms with Gasteiger partial charge in [0.25, 0.3) is 0 Å². The van der Waals surface area contributed by atoms with E-state index in [9.17, 15) is 9.59 Å². The Morgan fingerprint density at radius 2 is 0.900 bits per heavy atom. The van der Waals surface area contributed by atoms with Crippen molar-refractivity contribution >= 4 is 11.8 Å². The van der Waals surface area contributed by atoms with E-state index in [-0.39, 0.29) is 46.1 Å². The van der Waals surface area contributed by atoms with E-state index in [2.05, 4.69) is 76.7 Å². The van der Waals surface area contributed by atoms with Crippen molar-refractivity contribution in [3.63, 3.8) is 0 Å². The molecule has 0 aromatic rings. The fraction of sp³-hybridized carbons (Fsp3) is 0.917. The first kappa shape index (κ1) is 25.1. The summed E-state index contributed by atoms with van der Waals surface area (Å²) in [5.41, 5.74) is 0.0935. The number of nitrogens with one attached hydrogen (secondary N) is 4. The number of rotatable bonds is 7. The summed E-state index contributed by atoms with van der Waals surface area (Å²) in [4.78, 5) is 24.8. The number of piperidine rings is 2. The normalized spacial score (nSPS) is 25.5. The predicted molar refractivity (Wildman–Crippen MR) is 123 cm³/mol. The van der Waals surface area contributed by atoms with E-state index in [1.807, 2.05) is 0 Å². The number of unbranched alkanes of at least 4 members (excludes halogenated alkanes) is 1. The Hall–Kier alpha value is -1.14. The summed E-state index contributed by atoms with van der Waals surface area (Å²) in [5.74, 6) is 0.214. The lowest BCUT2D eigenvalue weighted by molar-refractivity contribution is -0.124. The molecule has 2 aliphatic rings. The first-order valence-electron chi connectivity index (χ1n) is 11.7. The Bertz CT molecular complexity index is 539. The van der Waals surface area contributed by atoms with Gasteiger partial charge in [0, 0.05) is 47.1 Å². The summed E-state index contributed by atoms with van der Waals surface area (Å²) >= 11 is 0. The summed E-state index contributed by atoms with van der Waals surface area (Å²) in [7, 11) is 0. The van der Waals surface area contributed by atoms with Gasteiger partial charge in [-0.15, -0.1) is 0 Å². The lowest BCUT2D eigenvalue weighted by Gasteiger charge is -2.46. The zero-order valence-electron chi connectivity index (χ0n) is 20.6. The molecule has 0 atom stereocenters. The molecule has 2 heterocycles. The molecule has 2 rings (SSSR count). The maximum absolute atomic E-state index is 12.4. The van der Waals surface area contributed by atoms with Gasteiger partial charge in [0.15, 0.2) is 0 Å². The average molecular weight is 423 g/mol. The first-order valence-corrected chi connectivity index (χ1v) is 11.7. The Balaban J connectivity index is 1.67. The minimum atomic E-state index is 0.0234. The molecule has 2 aliphatic heterocycles. The number of amides is 2. The molecular formula is C24H46N4O2. The Morgan fingerprint density at radius 3 is 1.17 bits per heavy atom. The molecule has 2 fully saturated rings. The van der Waals surface area contributed by atoms with Gasteiger partial charge in [0.1, 0.15) is 0 Å². The fourth-order valence-corrected chi connectivity index (χ4v) is 6.02. The van der Waals surface area contributed by atoms with Crippen LogP contribution in [0.4, 0.5) is 0 Å². The second-order valence-electron chi connectivity index (χ2n) is 12.3. The van der Waals surface area contributed by atoms with Crippen molar-refractivity contribution in [2.75, 3.05) is 0 Å². The van der Waals surface area contributed by atoms with Crippen LogP contribution in [0.1, 0.15) is 107 Å². The second-order valence-corrected chi connectivity index (χ2v) is 12.3. The minimum Gasteiger partial charge on any atom is -0.353 e. The van der Waals surface area contributed by atoms with Crippen molar-refractivity contribution in [3.05, 3.63) is 0 Å². The van der Waals surface area contributed by atoms with Crippen LogP contribution in [-0.4, -0.2) is 46.1 Å². The third kappa shape index (κ3) is 8.54. The van der Waals surface area contributed by atoms with E-state index in [0.29, 0.717) is 12.8 Å². The molecule has 0 radical (unpaired) electrons. The third-order valence-electron chi connectivity index (χ3n) is 6.17. The molecule has 174 valence electrons. The summed E-state index contributed by atoms with van der Waals surface area (Å²) in [6.07, 6.45) is 6.24. The average Bonchev–Trinajstić information content (AvgIpc) is 2.44. The minimum absolute atomic E-state index is 0.0234. The van der Waals surface area contributed by atoms with Gasteiger partial charge < -0.3 is 21.3 Å². The number of hydrogen-bond donors (Lipinski definition) is 4. The second kappa shape index (κ2) is 9.15. The Labute approximate surface area is 184 Å². The van der Waals surface area contributed by atoms with Crippen molar-refractivity contribution < 1.29 is 9.59 Å². The van der Waals surface area contributed by atoms with E-state index >= 15 is 0 Å². The molecule has 0 saturated carbocycles. The Kier molecular flexibility index (Phi) is 7.67. The third-order valence-corrected chi connectivity index (χ3v) is 6.17. The standard InChI is InChI=1S/C24H46N4O2/c1-21(2)13-17(14-22(3,4)27-21)25-19(29)11-9-10-12-20(30)26-18-15-23(5,6)28-24(7,8)16-18/h17-18,27-28H,9-16H2,1-8H3,(H,25,29)(H,26,30). The van der Waals surface area contributed by atoms with Crippen LogP contribution in [-0.2, 0) is 9.59 Å². The van der Waals surface area contributed by atoms with Gasteiger partial charge in [-0.05, 0) is 93.9 Å². The molecule has 6 heteroatoms. The number of hydrogen-bond acceptors (Lipinski definition) is 4. The molecule has 0 bridgehead atoms. The summed E-state index contributed by atoms with van der Waals surface area (Å²) < 4.78 is 0. The van der Waals surface area contributed by atoms with E-state index < -0.39 is 0 Å². The van der Waals surface area contributed by atoms with Crippen LogP contribution in [0, 0.1) is 0 Å². The maximum Gasteiger partial charge on any atom is 0.220 e. The lowest BCUT2D eigenvalue weighted by Crippen LogP contribution is -2.62. The van der Waals surface area contributed by atoms with Gasteiger partial charge in [-0.1, -0.05) is 0 Å². The molecule has 6 nitrogen and oxygen atoms in total. The summed E-state index contributed by atoms with van der Waals surface area (Å²) in [6.45, 7) is 17.5. The van der Waals surface area contributed by atoms with Crippen LogP contribution in [0.25, 0.3) is 0 Å². The molecular weight excluding hydrogens is 376 g/mol. The van der Waals surface area contributed by atoms with Crippen molar-refractivity contribution in [1.29, 1.82) is 0 Å². The monoisotopic (exact) mass is 422 g/mol. The van der Waals surface area contributed by atoms with Gasteiger partial charge >= 0.3 is 0 Å². The van der Waals surface area contributed by atoms with Gasteiger partial charge in [-0.2, -0.15) is 0 Å². The first-order chi connectivity index (χ1) is 13.6. The van der Waals surface area contributed by atoms with Gasteiger partial charge in [-0.3, -0.25) is 9.59 Å². The van der Waals surface area contributed by atoms with Crippen molar-refractivity contribution in [1.82, 2.24) is 21.3 Å². The summed E-state index contributed by atoms with van der Waals surface area (Å²) in [6, 6.07) is 0.414. The van der Waals surface area contributed by atoms with Gasteiger partial charge in [0.05, 0.1) is 0 Å². The molecule has 2 amide bonds. The zero-order chi connectivity index (χ0) is 22.8. The predicted octanol–water partition coefficient (Wildman–Crippen LogP) is 3.40. The molecule has 2 saturated heterocycles. The van der Waals surface area contributed by atoms with E-state index in [4.69, 9.17) is 0 Å². The van der Waals surface area contributed by atoms with E-state index in [1.54, 1.807) is 0 Å². The highest BCUT2D eigenvalue weighted by Gasteiger charge is 2.39. The van der Waals surface area contributed by atoms with Crippen LogP contribution in [0.5, 0.6) is 0 Å². The highest BCUT2D eigenvalue weighted by atomic mass is 16.2. The van der Waals surface area contributed by atoms with Gasteiger partial charge in [0.2, 0.25) is 11.8 Å². The molecule has 4 N–H and O–H groups in total. The largest absolute Gasteiger partial charge is 0.353 e.